The standard InChI is InChI=1S/C13H17BrN4O2S/c1-3-6-18-8-13(16-9(18)2)21(19,20)17-10-4-5-12(15)11(14)7-10/h4-5,7-8,17H,3,6,15H2,1-2H3. The van der Waals surface area contributed by atoms with Crippen LogP contribution in [-0.4, -0.2) is 18.0 Å². The van der Waals surface area contributed by atoms with Crippen LogP contribution in [0.2, 0.25) is 0 Å². The molecule has 21 heavy (non-hydrogen) atoms. The molecular weight excluding hydrogens is 356 g/mol. The van der Waals surface area contributed by atoms with Crippen molar-refractivity contribution in [1.82, 2.24) is 9.55 Å². The van der Waals surface area contributed by atoms with Crippen LogP contribution in [0.5, 0.6) is 0 Å². The van der Waals surface area contributed by atoms with E-state index in [1.54, 1.807) is 31.3 Å². The summed E-state index contributed by atoms with van der Waals surface area (Å²) in [6.45, 7) is 4.55. The Kier molecular flexibility index (Phi) is 4.58. The van der Waals surface area contributed by atoms with Gasteiger partial charge >= 0.3 is 0 Å². The molecule has 0 fully saturated rings. The zero-order valence-corrected chi connectivity index (χ0v) is 14.2. The SMILES string of the molecule is CCCn1cc(S(=O)(=O)Nc2ccc(N)c(Br)c2)nc1C. The van der Waals surface area contributed by atoms with E-state index in [9.17, 15) is 8.42 Å². The maximum atomic E-state index is 12.3. The Bertz CT molecular complexity index is 756. The number of aryl methyl sites for hydroxylation is 2. The van der Waals surface area contributed by atoms with Crippen molar-refractivity contribution >= 4 is 37.3 Å². The summed E-state index contributed by atoms with van der Waals surface area (Å²) < 4.78 is 29.6. The number of imidazole rings is 1. The Morgan fingerprint density at radius 3 is 2.76 bits per heavy atom. The van der Waals surface area contributed by atoms with E-state index < -0.39 is 10.0 Å². The van der Waals surface area contributed by atoms with Crippen LogP contribution in [0.3, 0.4) is 0 Å². The van der Waals surface area contributed by atoms with Crippen LogP contribution in [0.1, 0.15) is 19.2 Å². The van der Waals surface area contributed by atoms with E-state index in [1.807, 2.05) is 11.5 Å². The molecule has 0 spiro atoms. The van der Waals surface area contributed by atoms with Crippen LogP contribution in [0.25, 0.3) is 0 Å². The van der Waals surface area contributed by atoms with E-state index in [1.165, 1.54) is 0 Å². The van der Waals surface area contributed by atoms with Crippen LogP contribution in [0, 0.1) is 6.92 Å². The van der Waals surface area contributed by atoms with Gasteiger partial charge in [0.25, 0.3) is 10.0 Å². The predicted molar refractivity (Wildman–Crippen MR) is 86.6 cm³/mol. The number of nitrogens with two attached hydrogens (primary N) is 1. The van der Waals surface area contributed by atoms with Crippen LogP contribution < -0.4 is 10.5 Å². The van der Waals surface area contributed by atoms with E-state index in [2.05, 4.69) is 25.6 Å². The number of nitrogens with one attached hydrogen (secondary N) is 1. The van der Waals surface area contributed by atoms with Crippen LogP contribution in [0.15, 0.2) is 33.9 Å². The molecule has 0 aliphatic carbocycles. The number of aromatic nitrogens is 2. The quantitative estimate of drug-likeness (QED) is 0.789. The topological polar surface area (TPSA) is 90.0 Å². The maximum absolute atomic E-state index is 12.3. The minimum absolute atomic E-state index is 0.0152. The van der Waals surface area contributed by atoms with Gasteiger partial charge in [-0.25, -0.2) is 4.98 Å². The molecule has 0 atom stereocenters. The summed E-state index contributed by atoms with van der Waals surface area (Å²) >= 11 is 3.27. The number of nitrogens with zero attached hydrogens (tertiary/aromatic N) is 2. The second-order valence-electron chi connectivity index (χ2n) is 4.66. The molecule has 3 N–H and O–H groups in total. The molecule has 0 aliphatic rings. The Labute approximate surface area is 132 Å². The van der Waals surface area contributed by atoms with Gasteiger partial charge < -0.3 is 10.3 Å². The number of halogens is 1. The van der Waals surface area contributed by atoms with Crippen molar-refractivity contribution < 1.29 is 8.42 Å². The Hall–Kier alpha value is -1.54. The van der Waals surface area contributed by atoms with Gasteiger partial charge in [-0.3, -0.25) is 4.72 Å². The lowest BCUT2D eigenvalue weighted by atomic mass is 10.3. The third-order valence-electron chi connectivity index (χ3n) is 2.95. The highest BCUT2D eigenvalue weighted by Gasteiger charge is 2.19. The first-order valence-corrected chi connectivity index (χ1v) is 8.72. The molecule has 2 rings (SSSR count). The smallest absolute Gasteiger partial charge is 0.280 e. The summed E-state index contributed by atoms with van der Waals surface area (Å²) in [7, 11) is -3.71. The average molecular weight is 373 g/mol. The third-order valence-corrected chi connectivity index (χ3v) is 4.88. The molecule has 2 aromatic rings. The molecule has 0 saturated carbocycles. The maximum Gasteiger partial charge on any atom is 0.280 e. The highest BCUT2D eigenvalue weighted by molar-refractivity contribution is 9.10. The van der Waals surface area contributed by atoms with E-state index in [-0.39, 0.29) is 5.03 Å². The van der Waals surface area contributed by atoms with Gasteiger partial charge in [0.15, 0.2) is 5.03 Å². The lowest BCUT2D eigenvalue weighted by Crippen LogP contribution is -2.13. The lowest BCUT2D eigenvalue weighted by molar-refractivity contribution is 0.597. The first kappa shape index (κ1) is 15.8. The molecule has 0 radical (unpaired) electrons. The summed E-state index contributed by atoms with van der Waals surface area (Å²) in [4.78, 5) is 4.11. The van der Waals surface area contributed by atoms with Gasteiger partial charge in [0.05, 0.1) is 5.69 Å². The number of benzene rings is 1. The first-order chi connectivity index (χ1) is 9.83. The van der Waals surface area contributed by atoms with Crippen molar-refractivity contribution in [2.45, 2.75) is 31.8 Å². The van der Waals surface area contributed by atoms with Gasteiger partial charge in [-0.2, -0.15) is 8.42 Å². The Balaban J connectivity index is 2.29. The highest BCUT2D eigenvalue weighted by atomic mass is 79.9. The van der Waals surface area contributed by atoms with Crippen LogP contribution in [-0.2, 0) is 16.6 Å². The summed E-state index contributed by atoms with van der Waals surface area (Å²) in [5, 5.41) is 0.0152. The molecule has 0 unspecified atom stereocenters. The fraction of sp³-hybridized carbons (Fsp3) is 0.308. The van der Waals surface area contributed by atoms with E-state index in [0.717, 1.165) is 13.0 Å². The van der Waals surface area contributed by atoms with E-state index in [0.29, 0.717) is 21.7 Å². The molecule has 6 nitrogen and oxygen atoms in total. The summed E-state index contributed by atoms with van der Waals surface area (Å²) in [6, 6.07) is 4.85. The summed E-state index contributed by atoms with van der Waals surface area (Å²) in [6.07, 6.45) is 2.46. The zero-order chi connectivity index (χ0) is 15.6. The fourth-order valence-electron chi connectivity index (χ4n) is 1.87. The van der Waals surface area contributed by atoms with Crippen molar-refractivity contribution in [2.75, 3.05) is 10.5 Å². The first-order valence-electron chi connectivity index (χ1n) is 6.45. The van der Waals surface area contributed by atoms with Gasteiger partial charge in [0.1, 0.15) is 5.82 Å². The van der Waals surface area contributed by atoms with Gasteiger partial charge in [-0.1, -0.05) is 6.92 Å². The van der Waals surface area contributed by atoms with Gasteiger partial charge in [0, 0.05) is 22.9 Å². The van der Waals surface area contributed by atoms with Crippen LogP contribution in [0.4, 0.5) is 11.4 Å². The molecule has 1 aromatic heterocycles. The number of nitrogen functional groups attached to an aromatic ring is 1. The minimum Gasteiger partial charge on any atom is -0.398 e. The Morgan fingerprint density at radius 2 is 2.14 bits per heavy atom. The molecule has 0 saturated heterocycles. The third kappa shape index (κ3) is 3.56. The van der Waals surface area contributed by atoms with E-state index in [4.69, 9.17) is 5.73 Å². The number of anilines is 2. The zero-order valence-electron chi connectivity index (χ0n) is 11.8. The highest BCUT2D eigenvalue weighted by Crippen LogP contribution is 2.25. The van der Waals surface area contributed by atoms with Crippen molar-refractivity contribution in [1.29, 1.82) is 0 Å². The number of hydrogen-bond acceptors (Lipinski definition) is 4. The molecule has 8 heteroatoms. The van der Waals surface area contributed by atoms with Gasteiger partial charge in [-0.05, 0) is 47.5 Å². The lowest BCUT2D eigenvalue weighted by Gasteiger charge is -2.07. The molecular formula is C13H17BrN4O2S. The summed E-state index contributed by atoms with van der Waals surface area (Å²) in [5.74, 6) is 0.677. The number of sulfonamides is 1. The fourth-order valence-corrected chi connectivity index (χ4v) is 3.31. The number of rotatable bonds is 5. The minimum atomic E-state index is -3.71. The van der Waals surface area contributed by atoms with Crippen molar-refractivity contribution in [2.24, 2.45) is 0 Å². The largest absolute Gasteiger partial charge is 0.398 e. The van der Waals surface area contributed by atoms with E-state index >= 15 is 0 Å². The molecule has 1 heterocycles. The molecule has 114 valence electrons. The van der Waals surface area contributed by atoms with Gasteiger partial charge in [0.2, 0.25) is 0 Å². The Morgan fingerprint density at radius 1 is 1.43 bits per heavy atom. The van der Waals surface area contributed by atoms with Crippen molar-refractivity contribution in [3.05, 3.63) is 34.7 Å². The van der Waals surface area contributed by atoms with Crippen LogP contribution >= 0.6 is 15.9 Å². The number of hydrogen-bond donors (Lipinski definition) is 2. The molecule has 1 aromatic carbocycles. The van der Waals surface area contributed by atoms with Gasteiger partial charge in [-0.15, -0.1) is 0 Å². The summed E-state index contributed by atoms with van der Waals surface area (Å²) in [5.41, 5.74) is 6.65. The average Bonchev–Trinajstić information content (AvgIpc) is 2.77. The molecule has 0 aliphatic heterocycles. The predicted octanol–water partition coefficient (Wildman–Crippen LogP) is 2.75. The van der Waals surface area contributed by atoms with Crippen molar-refractivity contribution in [3.63, 3.8) is 0 Å². The normalized spacial score (nSPS) is 11.6. The van der Waals surface area contributed by atoms with Crippen molar-refractivity contribution in [3.8, 4) is 0 Å². The molecule has 0 bridgehead atoms. The second-order valence-corrected chi connectivity index (χ2v) is 7.15. The molecule has 0 amide bonds. The monoisotopic (exact) mass is 372 g/mol. The second kappa shape index (κ2) is 6.07.